The Balaban J connectivity index is 2.19. The molecule has 0 aliphatic heterocycles. The van der Waals surface area contributed by atoms with E-state index in [9.17, 15) is 4.79 Å². The zero-order chi connectivity index (χ0) is 11.8. The summed E-state index contributed by atoms with van der Waals surface area (Å²) in [5, 5.41) is 0. The van der Waals surface area contributed by atoms with E-state index in [-0.39, 0.29) is 5.97 Å². The minimum atomic E-state index is -0.175. The number of allylic oxidation sites excluding steroid dienone is 1. The number of esters is 1. The Hall–Kier alpha value is -0.790. The van der Waals surface area contributed by atoms with Crippen LogP contribution in [0.1, 0.15) is 52.4 Å². The molecule has 1 aliphatic carbocycles. The second kappa shape index (κ2) is 7.48. The van der Waals surface area contributed by atoms with E-state index in [1.165, 1.54) is 32.1 Å². The van der Waals surface area contributed by atoms with Crippen LogP contribution >= 0.6 is 0 Å². The summed E-state index contributed by atoms with van der Waals surface area (Å²) in [4.78, 5) is 11.4. The first-order valence-corrected chi connectivity index (χ1v) is 6.57. The fourth-order valence-corrected chi connectivity index (χ4v) is 1.93. The minimum Gasteiger partial charge on any atom is -0.462 e. The Labute approximate surface area is 99.1 Å². The lowest BCUT2D eigenvalue weighted by molar-refractivity contribution is -0.139. The Kier molecular flexibility index (Phi) is 6.20. The molecule has 0 amide bonds. The smallest absolute Gasteiger partial charge is 0.330 e. The summed E-state index contributed by atoms with van der Waals surface area (Å²) in [6, 6.07) is 0. The van der Waals surface area contributed by atoms with Crippen LogP contribution in [0.15, 0.2) is 12.2 Å². The number of ether oxygens (including phenoxy) is 1. The van der Waals surface area contributed by atoms with E-state index in [1.54, 1.807) is 6.08 Å². The molecular weight excluding hydrogens is 200 g/mol. The third-order valence-electron chi connectivity index (χ3n) is 3.36. The molecule has 2 nitrogen and oxygen atoms in total. The summed E-state index contributed by atoms with van der Waals surface area (Å²) in [7, 11) is 0. The monoisotopic (exact) mass is 224 g/mol. The third kappa shape index (κ3) is 5.34. The fraction of sp³-hybridized carbons (Fsp3) is 0.786. The van der Waals surface area contributed by atoms with Gasteiger partial charge >= 0.3 is 5.97 Å². The van der Waals surface area contributed by atoms with E-state index in [0.29, 0.717) is 18.4 Å². The van der Waals surface area contributed by atoms with Gasteiger partial charge in [0.05, 0.1) is 6.61 Å². The van der Waals surface area contributed by atoms with Gasteiger partial charge in [0.25, 0.3) is 0 Å². The van der Waals surface area contributed by atoms with Gasteiger partial charge in [-0.05, 0) is 24.7 Å². The standard InChI is InChI=1S/C14H24O2/c1-3-12(2)11-16-14(15)10-9-13-7-5-4-6-8-13/h9-10,12-13H,3-8,11H2,1-2H3/b10-9+. The molecule has 0 saturated heterocycles. The highest BCUT2D eigenvalue weighted by atomic mass is 16.5. The molecule has 0 aromatic heterocycles. The summed E-state index contributed by atoms with van der Waals surface area (Å²) in [5.41, 5.74) is 0. The maximum atomic E-state index is 11.4. The highest BCUT2D eigenvalue weighted by Gasteiger charge is 2.10. The average molecular weight is 224 g/mol. The molecule has 92 valence electrons. The molecule has 16 heavy (non-hydrogen) atoms. The quantitative estimate of drug-likeness (QED) is 0.525. The minimum absolute atomic E-state index is 0.175. The van der Waals surface area contributed by atoms with E-state index >= 15 is 0 Å². The largest absolute Gasteiger partial charge is 0.462 e. The van der Waals surface area contributed by atoms with Gasteiger partial charge in [-0.25, -0.2) is 4.79 Å². The fourth-order valence-electron chi connectivity index (χ4n) is 1.93. The molecule has 1 atom stereocenters. The van der Waals surface area contributed by atoms with E-state index in [4.69, 9.17) is 4.74 Å². The van der Waals surface area contributed by atoms with E-state index in [0.717, 1.165) is 6.42 Å². The summed E-state index contributed by atoms with van der Waals surface area (Å²) in [6.07, 6.45) is 11.1. The van der Waals surface area contributed by atoms with Crippen LogP contribution in [0.2, 0.25) is 0 Å². The topological polar surface area (TPSA) is 26.3 Å². The highest BCUT2D eigenvalue weighted by molar-refractivity contribution is 5.81. The molecular formula is C14H24O2. The van der Waals surface area contributed by atoms with Crippen molar-refractivity contribution >= 4 is 5.97 Å². The van der Waals surface area contributed by atoms with Crippen molar-refractivity contribution in [2.45, 2.75) is 52.4 Å². The highest BCUT2D eigenvalue weighted by Crippen LogP contribution is 2.24. The van der Waals surface area contributed by atoms with Crippen LogP contribution < -0.4 is 0 Å². The van der Waals surface area contributed by atoms with Gasteiger partial charge in [-0.2, -0.15) is 0 Å². The molecule has 1 unspecified atom stereocenters. The first kappa shape index (κ1) is 13.3. The van der Waals surface area contributed by atoms with Crippen LogP contribution in [0.4, 0.5) is 0 Å². The number of rotatable bonds is 5. The van der Waals surface area contributed by atoms with E-state index in [2.05, 4.69) is 13.8 Å². The normalized spacial score (nSPS) is 19.9. The zero-order valence-corrected chi connectivity index (χ0v) is 10.6. The van der Waals surface area contributed by atoms with Gasteiger partial charge in [0.15, 0.2) is 0 Å². The van der Waals surface area contributed by atoms with E-state index in [1.807, 2.05) is 6.08 Å². The van der Waals surface area contributed by atoms with Crippen molar-refractivity contribution in [3.63, 3.8) is 0 Å². The average Bonchev–Trinajstić information content (AvgIpc) is 2.34. The van der Waals surface area contributed by atoms with Gasteiger partial charge in [0.2, 0.25) is 0 Å². The van der Waals surface area contributed by atoms with Crippen molar-refractivity contribution in [3.8, 4) is 0 Å². The zero-order valence-electron chi connectivity index (χ0n) is 10.6. The number of carbonyl (C=O) groups is 1. The van der Waals surface area contributed by atoms with Crippen LogP contribution in [-0.2, 0) is 9.53 Å². The molecule has 2 heteroatoms. The van der Waals surface area contributed by atoms with Crippen molar-refractivity contribution < 1.29 is 9.53 Å². The second-order valence-electron chi connectivity index (χ2n) is 4.90. The molecule has 1 fully saturated rings. The van der Waals surface area contributed by atoms with Crippen LogP contribution in [-0.4, -0.2) is 12.6 Å². The van der Waals surface area contributed by atoms with Gasteiger partial charge in [-0.15, -0.1) is 0 Å². The van der Waals surface area contributed by atoms with Crippen molar-refractivity contribution in [1.29, 1.82) is 0 Å². The molecule has 1 aliphatic rings. The lowest BCUT2D eigenvalue weighted by Crippen LogP contribution is -2.10. The van der Waals surface area contributed by atoms with Gasteiger partial charge in [-0.1, -0.05) is 45.6 Å². The predicted octanol–water partition coefficient (Wildman–Crippen LogP) is 3.71. The molecule has 0 radical (unpaired) electrons. The first-order valence-electron chi connectivity index (χ1n) is 6.57. The van der Waals surface area contributed by atoms with Crippen LogP contribution in [0.25, 0.3) is 0 Å². The summed E-state index contributed by atoms with van der Waals surface area (Å²) in [5.74, 6) is 0.891. The molecule has 0 heterocycles. The Morgan fingerprint density at radius 3 is 2.69 bits per heavy atom. The maximum Gasteiger partial charge on any atom is 0.330 e. The molecule has 0 aromatic carbocycles. The van der Waals surface area contributed by atoms with Crippen molar-refractivity contribution in [3.05, 3.63) is 12.2 Å². The van der Waals surface area contributed by atoms with Crippen molar-refractivity contribution in [2.75, 3.05) is 6.61 Å². The molecule has 0 spiro atoms. The molecule has 1 rings (SSSR count). The first-order chi connectivity index (χ1) is 7.72. The molecule has 0 N–H and O–H groups in total. The van der Waals surface area contributed by atoms with Crippen LogP contribution in [0.3, 0.4) is 0 Å². The van der Waals surface area contributed by atoms with E-state index < -0.39 is 0 Å². The molecule has 0 aromatic rings. The predicted molar refractivity (Wildman–Crippen MR) is 66.1 cm³/mol. The molecule has 1 saturated carbocycles. The van der Waals surface area contributed by atoms with Gasteiger partial charge in [-0.3, -0.25) is 0 Å². The van der Waals surface area contributed by atoms with Gasteiger partial charge < -0.3 is 4.74 Å². The van der Waals surface area contributed by atoms with Crippen molar-refractivity contribution in [2.24, 2.45) is 11.8 Å². The number of carbonyl (C=O) groups excluding carboxylic acids is 1. The Bertz CT molecular complexity index is 227. The Morgan fingerprint density at radius 1 is 1.38 bits per heavy atom. The summed E-state index contributed by atoms with van der Waals surface area (Å²) in [6.45, 7) is 4.75. The van der Waals surface area contributed by atoms with Gasteiger partial charge in [0.1, 0.15) is 0 Å². The van der Waals surface area contributed by atoms with Crippen molar-refractivity contribution in [1.82, 2.24) is 0 Å². The summed E-state index contributed by atoms with van der Waals surface area (Å²) >= 11 is 0. The second-order valence-corrected chi connectivity index (χ2v) is 4.90. The van der Waals surface area contributed by atoms with Crippen LogP contribution in [0.5, 0.6) is 0 Å². The van der Waals surface area contributed by atoms with Crippen LogP contribution in [0, 0.1) is 11.8 Å². The maximum absolute atomic E-state index is 11.4. The lowest BCUT2D eigenvalue weighted by Gasteiger charge is -2.17. The molecule has 0 bridgehead atoms. The number of hydrogen-bond donors (Lipinski definition) is 0. The Morgan fingerprint density at radius 2 is 2.06 bits per heavy atom. The lowest BCUT2D eigenvalue weighted by atomic mass is 9.89. The number of hydrogen-bond acceptors (Lipinski definition) is 2. The third-order valence-corrected chi connectivity index (χ3v) is 3.36. The summed E-state index contributed by atoms with van der Waals surface area (Å²) < 4.78 is 5.16. The van der Waals surface area contributed by atoms with Gasteiger partial charge in [0, 0.05) is 6.08 Å². The SMILES string of the molecule is CCC(C)COC(=O)/C=C/C1CCCCC1.